The molecule has 0 saturated carbocycles. The Balaban J connectivity index is 1.42. The highest BCUT2D eigenvalue weighted by atomic mass is 32.2. The molecule has 0 aliphatic carbocycles. The first-order valence-electron chi connectivity index (χ1n) is 15.5. The summed E-state index contributed by atoms with van der Waals surface area (Å²) in [5, 5.41) is 0. The molecule has 1 unspecified atom stereocenters. The summed E-state index contributed by atoms with van der Waals surface area (Å²) in [5.41, 5.74) is 10.6. The van der Waals surface area contributed by atoms with Crippen molar-refractivity contribution < 1.29 is 13.0 Å². The van der Waals surface area contributed by atoms with Crippen molar-refractivity contribution in [1.29, 1.82) is 0 Å². The van der Waals surface area contributed by atoms with Gasteiger partial charge in [-0.1, -0.05) is 96.1 Å². The third-order valence-electron chi connectivity index (χ3n) is 8.38. The summed E-state index contributed by atoms with van der Waals surface area (Å²) < 4.78 is 32.8. The van der Waals surface area contributed by atoms with Gasteiger partial charge in [0.05, 0.1) is 4.90 Å². The zero-order valence-corrected chi connectivity index (χ0v) is 27.3. The van der Waals surface area contributed by atoms with Crippen molar-refractivity contribution in [2.24, 2.45) is 0 Å². The topological polar surface area (TPSA) is 60.9 Å². The molecule has 0 aliphatic heterocycles. The number of rotatable bonds is 12. The Labute approximate surface area is 268 Å². The SMILES string of the molecule is CCN(Cc1cccc(C)c1)c1ccc(C(c2ccc(C)cc2)c2ccc(N(CC)Cc3cccc(S(=O)(=O)O)c3)cc2)cc1. The molecule has 1 atom stereocenters. The minimum absolute atomic E-state index is 0.0714. The second kappa shape index (κ2) is 14.1. The van der Waals surface area contributed by atoms with Crippen LogP contribution >= 0.6 is 0 Å². The number of anilines is 2. The average molecular weight is 619 g/mol. The lowest BCUT2D eigenvalue weighted by molar-refractivity contribution is 0.483. The van der Waals surface area contributed by atoms with Crippen LogP contribution in [0.3, 0.4) is 0 Å². The van der Waals surface area contributed by atoms with E-state index in [0.717, 1.165) is 30.9 Å². The van der Waals surface area contributed by atoms with E-state index >= 15 is 0 Å². The van der Waals surface area contributed by atoms with Crippen LogP contribution in [-0.4, -0.2) is 26.1 Å². The van der Waals surface area contributed by atoms with Gasteiger partial charge < -0.3 is 9.80 Å². The van der Waals surface area contributed by atoms with Crippen LogP contribution in [0.15, 0.2) is 126 Å². The normalized spacial score (nSPS) is 12.1. The summed E-state index contributed by atoms with van der Waals surface area (Å²) >= 11 is 0. The van der Waals surface area contributed by atoms with E-state index in [9.17, 15) is 13.0 Å². The molecule has 0 fully saturated rings. The van der Waals surface area contributed by atoms with E-state index in [4.69, 9.17) is 0 Å². The van der Waals surface area contributed by atoms with E-state index in [-0.39, 0.29) is 10.8 Å². The summed E-state index contributed by atoms with van der Waals surface area (Å²) in [4.78, 5) is 4.51. The van der Waals surface area contributed by atoms with E-state index < -0.39 is 10.1 Å². The molecule has 0 saturated heterocycles. The third kappa shape index (κ3) is 8.01. The lowest BCUT2D eigenvalue weighted by Gasteiger charge is -2.26. The maximum atomic E-state index is 11.7. The zero-order chi connectivity index (χ0) is 32.0. The number of benzene rings is 5. The monoisotopic (exact) mass is 618 g/mol. The predicted octanol–water partition coefficient (Wildman–Crippen LogP) is 8.78. The second-order valence-electron chi connectivity index (χ2n) is 11.7. The molecule has 0 spiro atoms. The van der Waals surface area contributed by atoms with Crippen LogP contribution in [0.25, 0.3) is 0 Å². The van der Waals surface area contributed by atoms with Crippen molar-refractivity contribution in [2.45, 2.75) is 51.6 Å². The lowest BCUT2D eigenvalue weighted by Crippen LogP contribution is -2.22. The van der Waals surface area contributed by atoms with E-state index in [1.807, 2.05) is 6.07 Å². The first-order chi connectivity index (χ1) is 21.6. The van der Waals surface area contributed by atoms with Crippen molar-refractivity contribution in [2.75, 3.05) is 22.9 Å². The molecule has 0 amide bonds. The largest absolute Gasteiger partial charge is 0.367 e. The van der Waals surface area contributed by atoms with Crippen LogP contribution in [0.5, 0.6) is 0 Å². The highest BCUT2D eigenvalue weighted by molar-refractivity contribution is 7.85. The van der Waals surface area contributed by atoms with Crippen molar-refractivity contribution >= 4 is 21.5 Å². The third-order valence-corrected chi connectivity index (χ3v) is 9.23. The van der Waals surface area contributed by atoms with Crippen LogP contribution in [0.2, 0.25) is 0 Å². The minimum atomic E-state index is -4.25. The van der Waals surface area contributed by atoms with Gasteiger partial charge in [-0.3, -0.25) is 4.55 Å². The van der Waals surface area contributed by atoms with Crippen LogP contribution in [-0.2, 0) is 23.2 Å². The Morgan fingerprint density at radius 1 is 0.578 bits per heavy atom. The van der Waals surface area contributed by atoms with Gasteiger partial charge in [0.2, 0.25) is 0 Å². The predicted molar refractivity (Wildman–Crippen MR) is 186 cm³/mol. The number of nitrogens with zero attached hydrogens (tertiary/aromatic N) is 2. The molecule has 232 valence electrons. The second-order valence-corrected chi connectivity index (χ2v) is 13.1. The highest BCUT2D eigenvalue weighted by Crippen LogP contribution is 2.34. The molecule has 0 heterocycles. The minimum Gasteiger partial charge on any atom is -0.367 e. The molecule has 0 aliphatic rings. The molecule has 0 bridgehead atoms. The zero-order valence-electron chi connectivity index (χ0n) is 26.5. The van der Waals surface area contributed by atoms with Gasteiger partial charge in [0.1, 0.15) is 0 Å². The van der Waals surface area contributed by atoms with Crippen LogP contribution in [0.4, 0.5) is 11.4 Å². The smallest absolute Gasteiger partial charge is 0.294 e. The molecule has 5 nitrogen and oxygen atoms in total. The van der Waals surface area contributed by atoms with E-state index in [2.05, 4.69) is 135 Å². The van der Waals surface area contributed by atoms with Gasteiger partial charge in [0, 0.05) is 43.5 Å². The Morgan fingerprint density at radius 3 is 1.47 bits per heavy atom. The Bertz CT molecular complexity index is 1820. The van der Waals surface area contributed by atoms with Crippen LogP contribution < -0.4 is 9.80 Å². The molecule has 5 aromatic carbocycles. The molecule has 0 aromatic heterocycles. The first kappa shape index (κ1) is 32.0. The fourth-order valence-corrected chi connectivity index (χ4v) is 6.47. The van der Waals surface area contributed by atoms with Crippen molar-refractivity contribution in [1.82, 2.24) is 0 Å². The summed E-state index contributed by atoms with van der Waals surface area (Å²) in [6, 6.07) is 41.6. The van der Waals surface area contributed by atoms with Gasteiger partial charge in [-0.05, 0) is 91.9 Å². The quantitative estimate of drug-likeness (QED) is 0.112. The maximum absolute atomic E-state index is 11.7. The number of hydrogen-bond acceptors (Lipinski definition) is 4. The average Bonchev–Trinajstić information content (AvgIpc) is 3.04. The van der Waals surface area contributed by atoms with Crippen molar-refractivity contribution in [3.63, 3.8) is 0 Å². The molecular weight excluding hydrogens is 577 g/mol. The number of aryl methyl sites for hydroxylation is 2. The summed E-state index contributed by atoms with van der Waals surface area (Å²) in [6.07, 6.45) is 0. The summed E-state index contributed by atoms with van der Waals surface area (Å²) in [6.45, 7) is 11.6. The van der Waals surface area contributed by atoms with Gasteiger partial charge in [0.15, 0.2) is 0 Å². The molecule has 5 rings (SSSR count). The van der Waals surface area contributed by atoms with Gasteiger partial charge in [-0.2, -0.15) is 8.42 Å². The molecule has 45 heavy (non-hydrogen) atoms. The Hall–Kier alpha value is -4.39. The molecule has 6 heteroatoms. The molecule has 5 aromatic rings. The number of hydrogen-bond donors (Lipinski definition) is 1. The van der Waals surface area contributed by atoms with E-state index in [1.54, 1.807) is 6.07 Å². The fraction of sp³-hybridized carbons (Fsp3) is 0.231. The van der Waals surface area contributed by atoms with E-state index in [0.29, 0.717) is 6.54 Å². The molecular formula is C39H42N2O3S. The van der Waals surface area contributed by atoms with Crippen LogP contribution in [0, 0.1) is 13.8 Å². The van der Waals surface area contributed by atoms with Crippen molar-refractivity contribution in [3.05, 3.63) is 160 Å². The van der Waals surface area contributed by atoms with Gasteiger partial charge in [-0.15, -0.1) is 0 Å². The molecule has 1 N–H and O–H groups in total. The first-order valence-corrected chi connectivity index (χ1v) is 17.0. The van der Waals surface area contributed by atoms with Gasteiger partial charge in [0.25, 0.3) is 10.1 Å². The summed E-state index contributed by atoms with van der Waals surface area (Å²) in [5.74, 6) is 0.0714. The van der Waals surface area contributed by atoms with E-state index in [1.165, 1.54) is 51.2 Å². The highest BCUT2D eigenvalue weighted by Gasteiger charge is 2.19. The Kier molecular flexibility index (Phi) is 10.1. The summed E-state index contributed by atoms with van der Waals surface area (Å²) in [7, 11) is -4.25. The molecule has 0 radical (unpaired) electrons. The maximum Gasteiger partial charge on any atom is 0.294 e. The fourth-order valence-electron chi connectivity index (χ4n) is 5.92. The van der Waals surface area contributed by atoms with Gasteiger partial charge in [-0.25, -0.2) is 0 Å². The van der Waals surface area contributed by atoms with Crippen molar-refractivity contribution in [3.8, 4) is 0 Å². The lowest BCUT2D eigenvalue weighted by atomic mass is 9.84. The van der Waals surface area contributed by atoms with Gasteiger partial charge >= 0.3 is 0 Å². The Morgan fingerprint density at radius 2 is 1.02 bits per heavy atom. The van der Waals surface area contributed by atoms with Crippen LogP contribution in [0.1, 0.15) is 58.7 Å². The standard InChI is InChI=1S/C39H42N2O3S/c1-5-40(27-31-10-7-9-30(4)25-31)36-21-17-34(18-22-36)39(33-15-13-29(3)14-16-33)35-19-23-37(24-20-35)41(6-2)28-32-11-8-12-38(26-32)45(42,43)44/h7-26,39H,5-6,27-28H2,1-4H3,(H,42,43,44).